The van der Waals surface area contributed by atoms with Gasteiger partial charge in [-0.3, -0.25) is 14.4 Å². The van der Waals surface area contributed by atoms with Crippen LogP contribution in [0.5, 0.6) is 0 Å². The zero-order chi connectivity index (χ0) is 16.4. The Bertz CT molecular complexity index is 518. The molecule has 0 aliphatic carbocycles. The Morgan fingerprint density at radius 2 is 2.00 bits per heavy atom. The zero-order valence-electron chi connectivity index (χ0n) is 12.3. The summed E-state index contributed by atoms with van der Waals surface area (Å²) in [6.45, 7) is 2.16. The van der Waals surface area contributed by atoms with E-state index < -0.39 is 5.97 Å². The van der Waals surface area contributed by atoms with Gasteiger partial charge in [0.05, 0.1) is 11.5 Å². The lowest BCUT2D eigenvalue weighted by molar-refractivity contribution is -0.137. The van der Waals surface area contributed by atoms with Crippen molar-refractivity contribution >= 4 is 35.4 Å². The molecule has 0 aliphatic heterocycles. The van der Waals surface area contributed by atoms with Gasteiger partial charge in [0, 0.05) is 19.0 Å². The summed E-state index contributed by atoms with van der Waals surface area (Å²) in [5.41, 5.74) is 0. The maximum Gasteiger partial charge on any atom is 0.303 e. The highest BCUT2D eigenvalue weighted by atomic mass is 32.2. The molecule has 1 heterocycles. The monoisotopic (exact) mass is 329 g/mol. The Morgan fingerprint density at radius 1 is 1.27 bits per heavy atom. The van der Waals surface area contributed by atoms with Crippen LogP contribution in [-0.2, 0) is 14.4 Å². The van der Waals surface area contributed by atoms with E-state index in [-0.39, 0.29) is 29.7 Å². The van der Waals surface area contributed by atoms with Crippen molar-refractivity contribution in [2.45, 2.75) is 26.2 Å². The average molecular weight is 329 g/mol. The molecule has 1 aromatic heterocycles. The molecule has 0 radical (unpaired) electrons. The van der Waals surface area contributed by atoms with Crippen molar-refractivity contribution < 1.29 is 24.0 Å². The van der Waals surface area contributed by atoms with Gasteiger partial charge in [-0.05, 0) is 19.8 Å². The van der Waals surface area contributed by atoms with E-state index in [1.807, 2.05) is 0 Å². The van der Waals surface area contributed by atoms with Crippen molar-refractivity contribution in [2.24, 2.45) is 0 Å². The third kappa shape index (κ3) is 8.30. The second-order valence-electron chi connectivity index (χ2n) is 4.56. The summed E-state index contributed by atoms with van der Waals surface area (Å²) in [5.74, 6) is -0.00732. The van der Waals surface area contributed by atoms with Gasteiger partial charge in [-0.1, -0.05) is 5.16 Å². The summed E-state index contributed by atoms with van der Waals surface area (Å²) in [6.07, 6.45) is 1.25. The largest absolute Gasteiger partial charge is 0.481 e. The molecule has 9 heteroatoms. The molecule has 0 aromatic carbocycles. The fraction of sp³-hybridized carbons (Fsp3) is 0.538. The number of anilines is 1. The van der Waals surface area contributed by atoms with Gasteiger partial charge in [-0.2, -0.15) is 0 Å². The first-order chi connectivity index (χ1) is 10.5. The Hall–Kier alpha value is -2.03. The molecule has 0 spiro atoms. The molecule has 22 heavy (non-hydrogen) atoms. The van der Waals surface area contributed by atoms with E-state index >= 15 is 0 Å². The molecule has 8 nitrogen and oxygen atoms in total. The van der Waals surface area contributed by atoms with Crippen molar-refractivity contribution in [3.8, 4) is 0 Å². The first-order valence-corrected chi connectivity index (χ1v) is 7.92. The number of nitrogens with one attached hydrogen (secondary N) is 2. The highest BCUT2D eigenvalue weighted by molar-refractivity contribution is 8.00. The van der Waals surface area contributed by atoms with Gasteiger partial charge in [0.2, 0.25) is 11.8 Å². The summed E-state index contributed by atoms with van der Waals surface area (Å²) in [4.78, 5) is 33.3. The summed E-state index contributed by atoms with van der Waals surface area (Å²) in [7, 11) is 0. The molecule has 2 amide bonds. The van der Waals surface area contributed by atoms with E-state index in [2.05, 4.69) is 15.8 Å². The predicted molar refractivity (Wildman–Crippen MR) is 81.7 cm³/mol. The lowest BCUT2D eigenvalue weighted by atomic mass is 10.2. The number of thioether (sulfide) groups is 1. The van der Waals surface area contributed by atoms with Crippen LogP contribution >= 0.6 is 11.8 Å². The lowest BCUT2D eigenvalue weighted by Crippen LogP contribution is -2.27. The summed E-state index contributed by atoms with van der Waals surface area (Å²) in [6, 6.07) is 1.60. The molecule has 0 atom stereocenters. The third-order valence-electron chi connectivity index (χ3n) is 2.50. The van der Waals surface area contributed by atoms with Gasteiger partial charge in [0.1, 0.15) is 5.76 Å². The number of hydrogen-bond acceptors (Lipinski definition) is 6. The summed E-state index contributed by atoms with van der Waals surface area (Å²) < 4.78 is 4.81. The molecule has 0 bridgehead atoms. The van der Waals surface area contributed by atoms with Crippen molar-refractivity contribution in [3.63, 3.8) is 0 Å². The van der Waals surface area contributed by atoms with Crippen LogP contribution in [0.3, 0.4) is 0 Å². The number of aryl methyl sites for hydroxylation is 1. The second-order valence-corrected chi connectivity index (χ2v) is 5.55. The van der Waals surface area contributed by atoms with Gasteiger partial charge < -0.3 is 20.3 Å². The number of amides is 2. The molecule has 0 saturated carbocycles. The van der Waals surface area contributed by atoms with E-state index in [0.29, 0.717) is 31.0 Å². The number of carboxylic acid groups (broad SMARTS) is 1. The molecule has 1 aromatic rings. The van der Waals surface area contributed by atoms with E-state index in [1.54, 1.807) is 13.0 Å². The number of nitrogens with zero attached hydrogens (tertiary/aromatic N) is 1. The van der Waals surface area contributed by atoms with Crippen molar-refractivity contribution in [2.75, 3.05) is 23.4 Å². The maximum absolute atomic E-state index is 11.6. The average Bonchev–Trinajstić information content (AvgIpc) is 2.83. The molecular formula is C13H19N3O5S. The van der Waals surface area contributed by atoms with Gasteiger partial charge in [-0.25, -0.2) is 0 Å². The fourth-order valence-corrected chi connectivity index (χ4v) is 2.17. The van der Waals surface area contributed by atoms with Crippen molar-refractivity contribution in [3.05, 3.63) is 11.8 Å². The molecule has 0 fully saturated rings. The molecule has 0 aliphatic rings. The summed E-state index contributed by atoms with van der Waals surface area (Å²) >= 11 is 1.19. The number of unbranched alkanes of at least 4 members (excludes halogenated alkanes) is 1. The molecule has 1 rings (SSSR count). The first-order valence-electron chi connectivity index (χ1n) is 6.77. The zero-order valence-corrected chi connectivity index (χ0v) is 13.1. The topological polar surface area (TPSA) is 122 Å². The van der Waals surface area contributed by atoms with Crippen LogP contribution in [0.25, 0.3) is 0 Å². The SMILES string of the molecule is Cc1cc(NC(=O)CSCC(=O)NCCCCC(=O)O)no1. The molecule has 0 saturated heterocycles. The standard InChI is InChI=1S/C13H19N3O5S/c1-9-6-10(16-21-9)15-12(18)8-22-7-11(17)14-5-3-2-4-13(19)20/h6H,2-5,7-8H2,1H3,(H,14,17)(H,19,20)(H,15,16,18). The van der Waals surface area contributed by atoms with Gasteiger partial charge in [0.25, 0.3) is 0 Å². The number of aliphatic carboxylic acids is 1. The molecule has 0 unspecified atom stereocenters. The van der Waals surface area contributed by atoms with Crippen LogP contribution < -0.4 is 10.6 Å². The maximum atomic E-state index is 11.6. The predicted octanol–water partition coefficient (Wildman–Crippen LogP) is 1.03. The van der Waals surface area contributed by atoms with Gasteiger partial charge in [0.15, 0.2) is 5.82 Å². The van der Waals surface area contributed by atoms with Crippen LogP contribution in [0.2, 0.25) is 0 Å². The minimum absolute atomic E-state index is 0.103. The van der Waals surface area contributed by atoms with E-state index in [0.717, 1.165) is 0 Å². The number of aromatic nitrogens is 1. The van der Waals surface area contributed by atoms with Crippen LogP contribution in [0.4, 0.5) is 5.82 Å². The van der Waals surface area contributed by atoms with Gasteiger partial charge >= 0.3 is 5.97 Å². The van der Waals surface area contributed by atoms with E-state index in [4.69, 9.17) is 9.63 Å². The second kappa shape index (κ2) is 9.82. The van der Waals surface area contributed by atoms with Crippen LogP contribution in [-0.4, -0.2) is 46.1 Å². The van der Waals surface area contributed by atoms with E-state index in [1.165, 1.54) is 11.8 Å². The lowest BCUT2D eigenvalue weighted by Gasteiger charge is -2.04. The van der Waals surface area contributed by atoms with Crippen molar-refractivity contribution in [1.82, 2.24) is 10.5 Å². The number of hydrogen-bond donors (Lipinski definition) is 3. The normalized spacial score (nSPS) is 10.2. The van der Waals surface area contributed by atoms with Gasteiger partial charge in [-0.15, -0.1) is 11.8 Å². The first kappa shape index (κ1) is 18.0. The minimum atomic E-state index is -0.838. The van der Waals surface area contributed by atoms with Crippen LogP contribution in [0.15, 0.2) is 10.6 Å². The van der Waals surface area contributed by atoms with Crippen LogP contribution in [0.1, 0.15) is 25.0 Å². The van der Waals surface area contributed by atoms with E-state index in [9.17, 15) is 14.4 Å². The van der Waals surface area contributed by atoms with Crippen LogP contribution in [0, 0.1) is 6.92 Å². The number of carbonyl (C=O) groups excluding carboxylic acids is 2. The number of rotatable bonds is 10. The Morgan fingerprint density at radius 3 is 2.64 bits per heavy atom. The Labute approximate surface area is 132 Å². The smallest absolute Gasteiger partial charge is 0.303 e. The Kier molecular flexibility index (Phi) is 8.05. The quantitative estimate of drug-likeness (QED) is 0.548. The molecule has 3 N–H and O–H groups in total. The minimum Gasteiger partial charge on any atom is -0.481 e. The molecular weight excluding hydrogens is 310 g/mol. The summed E-state index contributed by atoms with van der Waals surface area (Å²) in [5, 5.41) is 17.3. The third-order valence-corrected chi connectivity index (χ3v) is 3.43. The molecule has 122 valence electrons. The Balaban J connectivity index is 2.04. The number of carboxylic acids is 1. The van der Waals surface area contributed by atoms with Crippen molar-refractivity contribution in [1.29, 1.82) is 0 Å². The number of carbonyl (C=O) groups is 3. The fourth-order valence-electron chi connectivity index (χ4n) is 1.52. The highest BCUT2D eigenvalue weighted by Crippen LogP contribution is 2.08. The highest BCUT2D eigenvalue weighted by Gasteiger charge is 2.08.